The highest BCUT2D eigenvalue weighted by atomic mass is 16.3. The van der Waals surface area contributed by atoms with Crippen LogP contribution in [-0.4, -0.2) is 118 Å². The zero-order chi connectivity index (χ0) is 68.1. The summed E-state index contributed by atoms with van der Waals surface area (Å²) in [6.45, 7) is 12.5. The van der Waals surface area contributed by atoms with Crippen LogP contribution in [0.25, 0.3) is 0 Å². The highest BCUT2D eigenvalue weighted by Crippen LogP contribution is 2.18. The lowest BCUT2D eigenvalue weighted by Crippen LogP contribution is -2.61. The summed E-state index contributed by atoms with van der Waals surface area (Å²) in [7, 11) is 0. The predicted octanol–water partition coefficient (Wildman–Crippen LogP) is 21.1. The molecule has 544 valence electrons. The fraction of sp³-hybridized carbons (Fsp3) is 0.786. The first-order chi connectivity index (χ1) is 46.1. The predicted molar refractivity (Wildman–Crippen MR) is 407 cm³/mol. The first-order valence-corrected chi connectivity index (χ1v) is 40.1. The van der Waals surface area contributed by atoms with Gasteiger partial charge in [-0.2, -0.15) is 0 Å². The lowest BCUT2D eigenvalue weighted by atomic mass is 10.0. The molecule has 0 aromatic rings. The summed E-state index contributed by atoms with van der Waals surface area (Å²) in [5.41, 5.74) is 0. The standard InChI is InChI=1S/C84H152N4O6/c1-5-9-13-17-21-25-29-33-37-41-45-49-53-57-65-77(89)73-87(74-78(90)66-58-54-50-46-42-38-34-30-26-22-18-14-10-6-2)71-63-61-69-81-83(93)86-82(84(94)85-81)70-62-64-72-88(75-79(91)67-59-55-51-47-43-39-35-31-27-23-19-15-11-7-3)76-80(92)68-60-56-52-48-44-40-36-32-28-24-20-16-12-8-4/h21-28,33-40,77-82,89-92H,5-20,29-32,41-76H2,1-4H3,(H,85,94)(H,86,93)/b25-21-,26-22-,27-23-,28-24?,37-33-,38-34-,39-35-,40-36?/t77?,78?,79?,80?,81-,82+/m1/s1. The van der Waals surface area contributed by atoms with Crippen LogP contribution in [0.2, 0.25) is 0 Å². The van der Waals surface area contributed by atoms with Gasteiger partial charge in [0.15, 0.2) is 0 Å². The first-order valence-electron chi connectivity index (χ1n) is 40.1. The van der Waals surface area contributed by atoms with Crippen molar-refractivity contribution < 1.29 is 30.0 Å². The van der Waals surface area contributed by atoms with E-state index in [-0.39, 0.29) is 11.8 Å². The Bertz CT molecular complexity index is 1670. The molecule has 0 saturated carbocycles. The molecule has 1 fully saturated rings. The van der Waals surface area contributed by atoms with Gasteiger partial charge in [-0.1, -0.05) is 253 Å². The summed E-state index contributed by atoms with van der Waals surface area (Å²) >= 11 is 0. The van der Waals surface area contributed by atoms with E-state index < -0.39 is 36.5 Å². The lowest BCUT2D eigenvalue weighted by Gasteiger charge is -2.31. The minimum atomic E-state index is -0.574. The Morgan fingerprint density at radius 1 is 0.287 bits per heavy atom. The molecule has 2 amide bonds. The molecule has 1 rings (SSSR count). The van der Waals surface area contributed by atoms with Gasteiger partial charge in [0.1, 0.15) is 12.1 Å². The Balaban J connectivity index is 2.70. The van der Waals surface area contributed by atoms with Crippen LogP contribution in [0.5, 0.6) is 0 Å². The molecule has 4 unspecified atom stereocenters. The van der Waals surface area contributed by atoms with Gasteiger partial charge in [-0.25, -0.2) is 0 Å². The molecule has 0 spiro atoms. The largest absolute Gasteiger partial charge is 0.392 e. The number of piperazine rings is 1. The highest BCUT2D eigenvalue weighted by molar-refractivity contribution is 5.96. The molecule has 0 aliphatic carbocycles. The second kappa shape index (κ2) is 69.5. The number of aliphatic hydroxyl groups excluding tert-OH is 4. The summed E-state index contributed by atoms with van der Waals surface area (Å²) in [5.74, 6) is -0.254. The molecule has 94 heavy (non-hydrogen) atoms. The number of aliphatic hydroxyl groups is 4. The molecule has 10 heteroatoms. The van der Waals surface area contributed by atoms with Crippen molar-refractivity contribution in [3.8, 4) is 0 Å². The van der Waals surface area contributed by atoms with Crippen molar-refractivity contribution in [2.45, 2.75) is 385 Å². The van der Waals surface area contributed by atoms with E-state index in [1.54, 1.807) is 0 Å². The number of nitrogens with zero attached hydrogens (tertiary/aromatic N) is 2. The SMILES string of the molecule is CCCCCC=CCC=CCCCCCCC(O)CN(CCCC[C@@H]1NC(=O)[C@@H](CCCCN(CC(O)CCCCCC/C=C\C/C=C\CCCCC)CC(O)CCCCCC/C=C\C/C=C\CCCCC)NC1=O)CC(O)CCCCCC/C=C\C/C=C\CCCCC. The van der Waals surface area contributed by atoms with E-state index in [1.165, 1.54) is 128 Å². The van der Waals surface area contributed by atoms with Crippen molar-refractivity contribution >= 4 is 11.8 Å². The van der Waals surface area contributed by atoms with Crippen molar-refractivity contribution in [1.82, 2.24) is 20.4 Å². The van der Waals surface area contributed by atoms with Crippen LogP contribution in [0.15, 0.2) is 97.2 Å². The van der Waals surface area contributed by atoms with Crippen molar-refractivity contribution in [2.24, 2.45) is 0 Å². The maximum Gasteiger partial charge on any atom is 0.243 e. The molecule has 0 aromatic heterocycles. The minimum absolute atomic E-state index is 0.127. The number of carbonyl (C=O) groups excluding carboxylic acids is 2. The van der Waals surface area contributed by atoms with Crippen molar-refractivity contribution in [1.29, 1.82) is 0 Å². The molecule has 6 N–H and O–H groups in total. The molecule has 10 nitrogen and oxygen atoms in total. The number of nitrogens with one attached hydrogen (secondary N) is 2. The summed E-state index contributed by atoms with van der Waals surface area (Å²) < 4.78 is 0. The second-order valence-electron chi connectivity index (χ2n) is 27.9. The normalized spacial score (nSPS) is 16.4. The number of rotatable bonds is 70. The van der Waals surface area contributed by atoms with E-state index in [0.29, 0.717) is 39.0 Å². The maximum atomic E-state index is 13.5. The van der Waals surface area contributed by atoms with Crippen LogP contribution in [0.4, 0.5) is 0 Å². The van der Waals surface area contributed by atoms with E-state index in [9.17, 15) is 30.0 Å². The minimum Gasteiger partial charge on any atom is -0.392 e. The number of allylic oxidation sites excluding steroid dienone is 16. The van der Waals surface area contributed by atoms with Gasteiger partial charge in [-0.15, -0.1) is 0 Å². The summed E-state index contributed by atoms with van der Waals surface area (Å²) in [6.07, 6.45) is 88.6. The van der Waals surface area contributed by atoms with E-state index in [0.717, 1.165) is 193 Å². The van der Waals surface area contributed by atoms with Crippen LogP contribution in [0.3, 0.4) is 0 Å². The van der Waals surface area contributed by atoms with Gasteiger partial charge < -0.3 is 31.1 Å². The Kier molecular flexibility index (Phi) is 65.5. The van der Waals surface area contributed by atoms with Crippen molar-refractivity contribution in [3.05, 3.63) is 97.2 Å². The zero-order valence-electron chi connectivity index (χ0n) is 61.8. The smallest absolute Gasteiger partial charge is 0.243 e. The van der Waals surface area contributed by atoms with Gasteiger partial charge in [0.05, 0.1) is 24.4 Å². The van der Waals surface area contributed by atoms with E-state index in [1.807, 2.05) is 0 Å². The topological polar surface area (TPSA) is 146 Å². The third-order valence-corrected chi connectivity index (χ3v) is 18.5. The summed E-state index contributed by atoms with van der Waals surface area (Å²) in [6, 6.07) is -1.15. The average molecular weight is 1310 g/mol. The van der Waals surface area contributed by atoms with Gasteiger partial charge in [0, 0.05) is 26.2 Å². The molecule has 0 bridgehead atoms. The van der Waals surface area contributed by atoms with Gasteiger partial charge in [-0.3, -0.25) is 19.4 Å². The molecule has 1 aliphatic heterocycles. The Labute approximate surface area is 581 Å². The maximum absolute atomic E-state index is 13.5. The van der Waals surface area contributed by atoms with E-state index in [4.69, 9.17) is 0 Å². The Hall–Kier alpha value is -3.38. The summed E-state index contributed by atoms with van der Waals surface area (Å²) in [5, 5.41) is 51.2. The Morgan fingerprint density at radius 3 is 0.723 bits per heavy atom. The summed E-state index contributed by atoms with van der Waals surface area (Å²) in [4.78, 5) is 31.5. The monoisotopic (exact) mass is 1310 g/mol. The molecular formula is C84H152N4O6. The first kappa shape index (κ1) is 88.6. The molecule has 0 aromatic carbocycles. The molecule has 1 aliphatic rings. The quantitative estimate of drug-likeness (QED) is 0.0261. The zero-order valence-corrected chi connectivity index (χ0v) is 61.8. The lowest BCUT2D eigenvalue weighted by molar-refractivity contribution is -0.137. The number of hydrogen-bond donors (Lipinski definition) is 6. The number of amides is 2. The van der Waals surface area contributed by atoms with Gasteiger partial charge in [0.2, 0.25) is 11.8 Å². The fourth-order valence-corrected chi connectivity index (χ4v) is 12.6. The van der Waals surface area contributed by atoms with Gasteiger partial charge in [-0.05, 0) is 206 Å². The van der Waals surface area contributed by atoms with Crippen LogP contribution in [-0.2, 0) is 9.59 Å². The third kappa shape index (κ3) is 59.8. The fourth-order valence-electron chi connectivity index (χ4n) is 12.6. The van der Waals surface area contributed by atoms with Crippen LogP contribution in [0, 0.1) is 0 Å². The Morgan fingerprint density at radius 2 is 0.500 bits per heavy atom. The molecule has 1 heterocycles. The molecule has 6 atom stereocenters. The molecular weight excluding hydrogens is 1160 g/mol. The number of carbonyl (C=O) groups is 2. The molecule has 1 saturated heterocycles. The highest BCUT2D eigenvalue weighted by Gasteiger charge is 2.33. The van der Waals surface area contributed by atoms with Gasteiger partial charge in [0.25, 0.3) is 0 Å². The number of unbranched alkanes of at least 4 members (excludes halogenated alkanes) is 30. The average Bonchev–Trinajstić information content (AvgIpc) is 0.942. The van der Waals surface area contributed by atoms with Crippen LogP contribution < -0.4 is 10.6 Å². The second-order valence-corrected chi connectivity index (χ2v) is 27.9. The number of hydrogen-bond acceptors (Lipinski definition) is 8. The van der Waals surface area contributed by atoms with E-state index in [2.05, 4.69) is 145 Å². The van der Waals surface area contributed by atoms with E-state index >= 15 is 0 Å². The van der Waals surface area contributed by atoms with Crippen LogP contribution >= 0.6 is 0 Å². The van der Waals surface area contributed by atoms with Crippen molar-refractivity contribution in [2.75, 3.05) is 39.3 Å². The van der Waals surface area contributed by atoms with Crippen molar-refractivity contribution in [3.63, 3.8) is 0 Å². The van der Waals surface area contributed by atoms with Crippen LogP contribution in [0.1, 0.15) is 349 Å². The molecule has 0 radical (unpaired) electrons. The van der Waals surface area contributed by atoms with Gasteiger partial charge >= 0.3 is 0 Å². The third-order valence-electron chi connectivity index (χ3n) is 18.5.